The summed E-state index contributed by atoms with van der Waals surface area (Å²) < 4.78 is 0. The molecule has 17 heavy (non-hydrogen) atoms. The molecule has 0 unspecified atom stereocenters. The molecule has 0 aliphatic rings. The van der Waals surface area contributed by atoms with E-state index in [9.17, 15) is 19.2 Å². The van der Waals surface area contributed by atoms with Crippen molar-refractivity contribution in [2.24, 2.45) is 0 Å². The van der Waals surface area contributed by atoms with Crippen LogP contribution in [0.25, 0.3) is 0 Å². The van der Waals surface area contributed by atoms with E-state index in [1.54, 1.807) is 0 Å². The summed E-state index contributed by atoms with van der Waals surface area (Å²) in [7, 11) is 0. The van der Waals surface area contributed by atoms with Crippen molar-refractivity contribution in [1.82, 2.24) is 10.6 Å². The van der Waals surface area contributed by atoms with Gasteiger partial charge in [0.2, 0.25) is 0 Å². The molecule has 0 aromatic heterocycles. The quantitative estimate of drug-likeness (QED) is 0.391. The highest BCUT2D eigenvalue weighted by Crippen LogP contribution is 1.93. The number of urea groups is 1. The number of carbonyl (C=O) groups excluding carboxylic acids is 1. The average Bonchev–Trinajstić information content (AvgIpc) is 2.15. The van der Waals surface area contributed by atoms with Crippen LogP contribution in [-0.4, -0.2) is 51.3 Å². The monoisotopic (exact) mass is 248 g/mol. The van der Waals surface area contributed by atoms with Crippen molar-refractivity contribution in [3.05, 3.63) is 0 Å². The number of amides is 2. The topological polar surface area (TPSA) is 153 Å². The van der Waals surface area contributed by atoms with Crippen LogP contribution in [0.2, 0.25) is 0 Å². The first-order valence-electron chi connectivity index (χ1n) is 4.48. The van der Waals surface area contributed by atoms with Gasteiger partial charge < -0.3 is 26.0 Å². The van der Waals surface area contributed by atoms with Crippen molar-refractivity contribution in [1.29, 1.82) is 0 Å². The summed E-state index contributed by atoms with van der Waals surface area (Å²) in [5.74, 6) is -4.22. The molecule has 0 spiro atoms. The number of hydrogen-bond acceptors (Lipinski definition) is 4. The first-order chi connectivity index (χ1) is 7.73. The molecule has 0 saturated carbocycles. The van der Waals surface area contributed by atoms with Gasteiger partial charge in [0.25, 0.3) is 0 Å². The number of nitrogens with one attached hydrogen (secondary N) is 2. The Morgan fingerprint density at radius 3 is 1.88 bits per heavy atom. The first kappa shape index (κ1) is 14.7. The van der Waals surface area contributed by atoms with E-state index >= 15 is 0 Å². The van der Waals surface area contributed by atoms with Gasteiger partial charge in [-0.25, -0.2) is 9.59 Å². The van der Waals surface area contributed by atoms with Crippen LogP contribution < -0.4 is 10.6 Å². The predicted molar refractivity (Wildman–Crippen MR) is 52.4 cm³/mol. The molecule has 0 aromatic carbocycles. The molecule has 2 amide bonds. The van der Waals surface area contributed by atoms with Gasteiger partial charge in [0.15, 0.2) is 0 Å². The van der Waals surface area contributed by atoms with Crippen LogP contribution in [0.4, 0.5) is 4.79 Å². The molecule has 0 bridgehead atoms. The Kier molecular flexibility index (Phi) is 5.44. The highest BCUT2D eigenvalue weighted by atomic mass is 16.4. The molecule has 96 valence electrons. The van der Waals surface area contributed by atoms with Crippen molar-refractivity contribution in [3.63, 3.8) is 0 Å². The van der Waals surface area contributed by atoms with Crippen LogP contribution in [0.15, 0.2) is 0 Å². The molecular weight excluding hydrogens is 236 g/mol. The lowest BCUT2D eigenvalue weighted by Gasteiger charge is -2.14. The van der Waals surface area contributed by atoms with Crippen LogP contribution in [0.5, 0.6) is 0 Å². The summed E-state index contributed by atoms with van der Waals surface area (Å²) in [4.78, 5) is 42.4. The highest BCUT2D eigenvalue weighted by Gasteiger charge is 2.24. The molecule has 0 heterocycles. The second-order valence-electron chi connectivity index (χ2n) is 3.17. The molecule has 5 N–H and O–H groups in total. The Hall–Kier alpha value is -2.32. The Labute approximate surface area is 95.4 Å². The minimum Gasteiger partial charge on any atom is -0.481 e. The molecule has 0 aromatic rings. The van der Waals surface area contributed by atoms with E-state index in [-0.39, 0.29) is 0 Å². The van der Waals surface area contributed by atoms with Crippen LogP contribution in [0.3, 0.4) is 0 Å². The summed E-state index contributed by atoms with van der Waals surface area (Å²) in [5.41, 5.74) is 0. The lowest BCUT2D eigenvalue weighted by molar-refractivity contribution is -0.145. The van der Waals surface area contributed by atoms with Gasteiger partial charge in [-0.2, -0.15) is 0 Å². The van der Waals surface area contributed by atoms with Crippen LogP contribution in [-0.2, 0) is 14.4 Å². The van der Waals surface area contributed by atoms with E-state index in [4.69, 9.17) is 15.3 Å². The van der Waals surface area contributed by atoms with E-state index in [2.05, 4.69) is 0 Å². The van der Waals surface area contributed by atoms with E-state index in [0.29, 0.717) is 0 Å². The van der Waals surface area contributed by atoms with Gasteiger partial charge in [0, 0.05) is 0 Å². The second-order valence-corrected chi connectivity index (χ2v) is 3.17. The van der Waals surface area contributed by atoms with E-state index in [1.165, 1.54) is 6.92 Å². The Morgan fingerprint density at radius 1 is 1.00 bits per heavy atom. The third-order valence-electron chi connectivity index (χ3n) is 1.70. The van der Waals surface area contributed by atoms with E-state index in [0.717, 1.165) is 0 Å². The van der Waals surface area contributed by atoms with Gasteiger partial charge in [0.1, 0.15) is 12.1 Å². The van der Waals surface area contributed by atoms with Crippen LogP contribution >= 0.6 is 0 Å². The summed E-state index contributed by atoms with van der Waals surface area (Å²) in [6, 6.07) is -3.89. The zero-order chi connectivity index (χ0) is 13.6. The molecule has 9 nitrogen and oxygen atoms in total. The standard InChI is InChI=1S/C8H12N2O7/c1-3(6(13)14)9-8(17)10-4(7(15)16)2-5(11)12/h3-4H,2H2,1H3,(H,11,12)(H,13,14)(H,15,16)(H2,9,10,17)/t3-,4-/m0/s1. The van der Waals surface area contributed by atoms with Crippen molar-refractivity contribution < 1.29 is 34.5 Å². The number of aliphatic carboxylic acids is 3. The van der Waals surface area contributed by atoms with Gasteiger partial charge in [-0.15, -0.1) is 0 Å². The number of carboxylic acids is 3. The van der Waals surface area contributed by atoms with Gasteiger partial charge >= 0.3 is 23.9 Å². The maximum Gasteiger partial charge on any atom is 0.326 e. The summed E-state index contributed by atoms with van der Waals surface area (Å²) >= 11 is 0. The lowest BCUT2D eigenvalue weighted by Crippen LogP contribution is -2.50. The van der Waals surface area contributed by atoms with Crippen LogP contribution in [0.1, 0.15) is 13.3 Å². The minimum absolute atomic E-state index is 0.801. The number of carboxylic acid groups (broad SMARTS) is 3. The fourth-order valence-corrected chi connectivity index (χ4v) is 0.833. The average molecular weight is 248 g/mol. The van der Waals surface area contributed by atoms with Crippen molar-refractivity contribution in [3.8, 4) is 0 Å². The molecule has 0 fully saturated rings. The fourth-order valence-electron chi connectivity index (χ4n) is 0.833. The fraction of sp³-hybridized carbons (Fsp3) is 0.500. The first-order valence-corrected chi connectivity index (χ1v) is 4.48. The molecule has 0 aliphatic carbocycles. The summed E-state index contributed by atoms with van der Waals surface area (Å²) in [6.07, 6.45) is -0.801. The van der Waals surface area contributed by atoms with E-state index in [1.807, 2.05) is 10.6 Å². The normalized spacial score (nSPS) is 13.2. The SMILES string of the molecule is C[C@H](NC(=O)N[C@@H](CC(=O)O)C(=O)O)C(=O)O. The second kappa shape index (κ2) is 6.30. The van der Waals surface area contributed by atoms with Gasteiger partial charge in [-0.05, 0) is 6.92 Å². The Balaban J connectivity index is 4.36. The lowest BCUT2D eigenvalue weighted by atomic mass is 10.2. The maximum atomic E-state index is 11.1. The Morgan fingerprint density at radius 2 is 1.53 bits per heavy atom. The molecule has 0 aliphatic heterocycles. The predicted octanol–water partition coefficient (Wildman–Crippen LogP) is -1.31. The maximum absolute atomic E-state index is 11.1. The molecule has 0 rings (SSSR count). The zero-order valence-electron chi connectivity index (χ0n) is 8.84. The molecule has 2 atom stereocenters. The summed E-state index contributed by atoms with van der Waals surface area (Å²) in [5, 5.41) is 29.2. The van der Waals surface area contributed by atoms with Gasteiger partial charge in [-0.1, -0.05) is 0 Å². The van der Waals surface area contributed by atoms with Crippen molar-refractivity contribution in [2.45, 2.75) is 25.4 Å². The highest BCUT2D eigenvalue weighted by molar-refractivity contribution is 5.88. The number of rotatable bonds is 6. The Bertz CT molecular complexity index is 341. The molecule has 0 radical (unpaired) electrons. The van der Waals surface area contributed by atoms with Gasteiger partial charge in [0.05, 0.1) is 6.42 Å². The zero-order valence-corrected chi connectivity index (χ0v) is 8.84. The van der Waals surface area contributed by atoms with E-state index < -0.39 is 42.4 Å². The number of carbonyl (C=O) groups is 4. The molecule has 0 saturated heterocycles. The third-order valence-corrected chi connectivity index (χ3v) is 1.70. The number of hydrogen-bond donors (Lipinski definition) is 5. The largest absolute Gasteiger partial charge is 0.481 e. The van der Waals surface area contributed by atoms with Gasteiger partial charge in [-0.3, -0.25) is 9.59 Å². The van der Waals surface area contributed by atoms with Crippen LogP contribution in [0, 0.1) is 0 Å². The smallest absolute Gasteiger partial charge is 0.326 e. The third kappa shape index (κ3) is 5.97. The van der Waals surface area contributed by atoms with Crippen molar-refractivity contribution >= 4 is 23.9 Å². The minimum atomic E-state index is -1.62. The van der Waals surface area contributed by atoms with Crippen molar-refractivity contribution in [2.75, 3.05) is 0 Å². The molecule has 9 heteroatoms. The molecular formula is C8H12N2O7. The summed E-state index contributed by atoms with van der Waals surface area (Å²) in [6.45, 7) is 1.18.